The number of hydrogen-bond acceptors (Lipinski definition) is 4. The highest BCUT2D eigenvalue weighted by molar-refractivity contribution is 4.73. The first-order valence-electron chi connectivity index (χ1n) is 9.24. The van der Waals surface area contributed by atoms with E-state index in [1.807, 2.05) is 27.7 Å². The van der Waals surface area contributed by atoms with E-state index < -0.39 is 5.97 Å². The molecule has 4 heteroatoms. The van der Waals surface area contributed by atoms with E-state index in [1.54, 1.807) is 0 Å². The highest BCUT2D eigenvalue weighted by Crippen LogP contribution is 2.27. The molecular weight excluding hydrogens is 280 g/mol. The van der Waals surface area contributed by atoms with E-state index in [4.69, 9.17) is 18.9 Å². The number of unbranched alkanes of at least 4 members (excludes halogenated alkanes) is 5. The lowest BCUT2D eigenvalue weighted by Gasteiger charge is -2.38. The van der Waals surface area contributed by atoms with Crippen LogP contribution in [0, 0.1) is 0 Å². The van der Waals surface area contributed by atoms with Gasteiger partial charge in [0.1, 0.15) is 6.10 Å². The Hall–Kier alpha value is -0.160. The summed E-state index contributed by atoms with van der Waals surface area (Å²) < 4.78 is 23.5. The van der Waals surface area contributed by atoms with Crippen molar-refractivity contribution in [3.05, 3.63) is 0 Å². The van der Waals surface area contributed by atoms with Gasteiger partial charge < -0.3 is 18.9 Å². The van der Waals surface area contributed by atoms with E-state index in [9.17, 15) is 0 Å². The van der Waals surface area contributed by atoms with E-state index in [-0.39, 0.29) is 6.10 Å². The molecule has 0 amide bonds. The van der Waals surface area contributed by atoms with Crippen molar-refractivity contribution in [2.75, 3.05) is 26.4 Å². The monoisotopic (exact) mass is 318 g/mol. The lowest BCUT2D eigenvalue weighted by molar-refractivity contribution is -0.415. The molecule has 0 heterocycles. The van der Waals surface area contributed by atoms with Gasteiger partial charge in [0.05, 0.1) is 0 Å². The minimum atomic E-state index is -1.06. The van der Waals surface area contributed by atoms with Gasteiger partial charge in [0.25, 0.3) is 0 Å². The molecule has 1 unspecified atom stereocenters. The van der Waals surface area contributed by atoms with Gasteiger partial charge in [-0.1, -0.05) is 45.4 Å². The summed E-state index contributed by atoms with van der Waals surface area (Å²) in [4.78, 5) is 0. The van der Waals surface area contributed by atoms with Gasteiger partial charge in [-0.25, -0.2) is 0 Å². The summed E-state index contributed by atoms with van der Waals surface area (Å²) in [6, 6.07) is 0. The molecule has 0 aromatic heterocycles. The lowest BCUT2D eigenvalue weighted by Crippen LogP contribution is -2.51. The third-order valence-corrected chi connectivity index (χ3v) is 3.62. The lowest BCUT2D eigenvalue weighted by atomic mass is 10.1. The Morgan fingerprint density at radius 2 is 1.14 bits per heavy atom. The van der Waals surface area contributed by atoms with E-state index in [0.29, 0.717) is 26.4 Å². The molecular formula is C18H38O4. The Morgan fingerprint density at radius 1 is 0.636 bits per heavy atom. The Bertz CT molecular complexity index is 216. The Kier molecular flexibility index (Phi) is 14.3. The molecule has 4 nitrogen and oxygen atoms in total. The van der Waals surface area contributed by atoms with Crippen molar-refractivity contribution >= 4 is 0 Å². The summed E-state index contributed by atoms with van der Waals surface area (Å²) in [6.45, 7) is 12.4. The Morgan fingerprint density at radius 3 is 1.59 bits per heavy atom. The molecule has 0 radical (unpaired) electrons. The molecule has 1 atom stereocenters. The molecule has 0 aliphatic carbocycles. The van der Waals surface area contributed by atoms with Gasteiger partial charge in [0.2, 0.25) is 0 Å². The Balaban J connectivity index is 4.58. The van der Waals surface area contributed by atoms with Crippen molar-refractivity contribution in [2.45, 2.75) is 91.6 Å². The van der Waals surface area contributed by atoms with Gasteiger partial charge in [0.15, 0.2) is 0 Å². The summed E-state index contributed by atoms with van der Waals surface area (Å²) in [6.07, 6.45) is 8.29. The number of ether oxygens (including phenoxy) is 4. The van der Waals surface area contributed by atoms with Crippen LogP contribution in [0.5, 0.6) is 0 Å². The van der Waals surface area contributed by atoms with Crippen LogP contribution >= 0.6 is 0 Å². The molecule has 0 N–H and O–H groups in total. The molecule has 134 valence electrons. The first-order chi connectivity index (χ1) is 10.7. The molecule has 0 aliphatic rings. The number of hydrogen-bond donors (Lipinski definition) is 0. The molecule has 0 saturated carbocycles. The van der Waals surface area contributed by atoms with Crippen molar-refractivity contribution < 1.29 is 18.9 Å². The highest BCUT2D eigenvalue weighted by atomic mass is 16.9. The SMILES string of the molecule is CCCCCCCCC(OCC)C(OCC)(OCC)OCC. The zero-order valence-corrected chi connectivity index (χ0v) is 15.5. The average Bonchev–Trinajstić information content (AvgIpc) is 2.50. The highest BCUT2D eigenvalue weighted by Gasteiger charge is 2.42. The molecule has 0 aromatic carbocycles. The second-order valence-corrected chi connectivity index (χ2v) is 5.40. The quantitative estimate of drug-likeness (QED) is 0.299. The van der Waals surface area contributed by atoms with Gasteiger partial charge in [-0.3, -0.25) is 0 Å². The largest absolute Gasteiger partial charge is 0.370 e. The van der Waals surface area contributed by atoms with Crippen LogP contribution in [0.25, 0.3) is 0 Å². The van der Waals surface area contributed by atoms with Crippen molar-refractivity contribution in [1.82, 2.24) is 0 Å². The summed E-state index contributed by atoms with van der Waals surface area (Å²) in [5, 5.41) is 0. The average molecular weight is 318 g/mol. The summed E-state index contributed by atoms with van der Waals surface area (Å²) in [7, 11) is 0. The second kappa shape index (κ2) is 14.4. The van der Waals surface area contributed by atoms with Gasteiger partial charge >= 0.3 is 5.97 Å². The summed E-state index contributed by atoms with van der Waals surface area (Å²) >= 11 is 0. The third-order valence-electron chi connectivity index (χ3n) is 3.62. The van der Waals surface area contributed by atoms with Gasteiger partial charge in [-0.2, -0.15) is 0 Å². The van der Waals surface area contributed by atoms with Crippen molar-refractivity contribution in [2.24, 2.45) is 0 Å². The molecule has 0 bridgehead atoms. The van der Waals surface area contributed by atoms with Crippen LogP contribution in [0.1, 0.15) is 79.6 Å². The zero-order valence-electron chi connectivity index (χ0n) is 15.5. The minimum absolute atomic E-state index is 0.177. The van der Waals surface area contributed by atoms with Crippen LogP contribution in [-0.2, 0) is 18.9 Å². The molecule has 22 heavy (non-hydrogen) atoms. The van der Waals surface area contributed by atoms with E-state index >= 15 is 0 Å². The van der Waals surface area contributed by atoms with E-state index in [1.165, 1.54) is 32.1 Å². The predicted molar refractivity (Wildman–Crippen MR) is 91.0 cm³/mol. The van der Waals surface area contributed by atoms with E-state index in [0.717, 1.165) is 12.8 Å². The van der Waals surface area contributed by atoms with Crippen LogP contribution < -0.4 is 0 Å². The molecule has 0 spiro atoms. The summed E-state index contributed by atoms with van der Waals surface area (Å²) in [5.74, 6) is -1.06. The molecule has 0 aromatic rings. The number of rotatable bonds is 16. The predicted octanol–water partition coefficient (Wildman–Crippen LogP) is 4.91. The summed E-state index contributed by atoms with van der Waals surface area (Å²) in [5.41, 5.74) is 0. The van der Waals surface area contributed by atoms with Crippen LogP contribution in [-0.4, -0.2) is 38.5 Å². The van der Waals surface area contributed by atoms with Gasteiger partial charge in [-0.05, 0) is 34.1 Å². The van der Waals surface area contributed by atoms with Crippen LogP contribution in [0.15, 0.2) is 0 Å². The van der Waals surface area contributed by atoms with Crippen LogP contribution in [0.3, 0.4) is 0 Å². The Labute approximate surface area is 137 Å². The smallest absolute Gasteiger partial charge is 0.310 e. The first-order valence-corrected chi connectivity index (χ1v) is 9.24. The topological polar surface area (TPSA) is 36.9 Å². The van der Waals surface area contributed by atoms with Crippen molar-refractivity contribution in [3.63, 3.8) is 0 Å². The maximum absolute atomic E-state index is 5.92. The van der Waals surface area contributed by atoms with Crippen LogP contribution in [0.4, 0.5) is 0 Å². The zero-order chi connectivity index (χ0) is 16.7. The molecule has 0 saturated heterocycles. The minimum Gasteiger partial charge on any atom is -0.370 e. The first kappa shape index (κ1) is 21.8. The van der Waals surface area contributed by atoms with E-state index in [2.05, 4.69) is 6.92 Å². The van der Waals surface area contributed by atoms with Gasteiger partial charge in [0, 0.05) is 26.4 Å². The maximum atomic E-state index is 5.92. The normalized spacial score (nSPS) is 13.5. The molecule has 0 aliphatic heterocycles. The fourth-order valence-electron chi connectivity index (χ4n) is 2.68. The van der Waals surface area contributed by atoms with Crippen molar-refractivity contribution in [3.8, 4) is 0 Å². The second-order valence-electron chi connectivity index (χ2n) is 5.40. The van der Waals surface area contributed by atoms with Crippen LogP contribution in [0.2, 0.25) is 0 Å². The standard InChI is InChI=1S/C18H38O4/c1-6-11-12-13-14-15-16-17(19-7-2)18(20-8-3,21-9-4)22-10-5/h17H,6-16H2,1-5H3. The van der Waals surface area contributed by atoms with Crippen molar-refractivity contribution in [1.29, 1.82) is 0 Å². The maximum Gasteiger partial charge on any atom is 0.310 e. The molecule has 0 fully saturated rings. The van der Waals surface area contributed by atoms with Gasteiger partial charge in [-0.15, -0.1) is 0 Å². The molecule has 0 rings (SSSR count). The third kappa shape index (κ3) is 8.47. The fourth-order valence-corrected chi connectivity index (χ4v) is 2.68. The fraction of sp³-hybridized carbons (Fsp3) is 1.00.